The first-order valence-electron chi connectivity index (χ1n) is 7.62. The van der Waals surface area contributed by atoms with E-state index in [-0.39, 0.29) is 17.9 Å². The third-order valence-electron chi connectivity index (χ3n) is 3.28. The lowest BCUT2D eigenvalue weighted by Crippen LogP contribution is -2.41. The number of benzene rings is 2. The van der Waals surface area contributed by atoms with Crippen LogP contribution in [0.4, 0.5) is 9.18 Å². The highest BCUT2D eigenvalue weighted by molar-refractivity contribution is 5.97. The molecule has 2 aromatic carbocycles. The van der Waals surface area contributed by atoms with Crippen LogP contribution in [0.5, 0.6) is 5.75 Å². The molecule has 26 heavy (non-hydrogen) atoms. The normalized spacial score (nSPS) is 9.92. The maximum absolute atomic E-state index is 13.7. The van der Waals surface area contributed by atoms with Gasteiger partial charge in [-0.05, 0) is 17.7 Å². The molecule has 0 saturated carbocycles. The van der Waals surface area contributed by atoms with Crippen LogP contribution in [0, 0.1) is 5.82 Å². The SMILES string of the molecule is COc1ccc(C(=O)OCC(=O)NC(=O)NCc2ccccc2)c(F)c1. The Hall–Kier alpha value is -3.42. The number of urea groups is 1. The van der Waals surface area contributed by atoms with Gasteiger partial charge < -0.3 is 14.8 Å². The predicted octanol–water partition coefficient (Wildman–Crippen LogP) is 2.02. The molecule has 0 radical (unpaired) electrons. The van der Waals surface area contributed by atoms with Crippen molar-refractivity contribution >= 4 is 17.9 Å². The van der Waals surface area contributed by atoms with Crippen LogP contribution in [0.15, 0.2) is 48.5 Å². The molecule has 0 unspecified atom stereocenters. The highest BCUT2D eigenvalue weighted by Crippen LogP contribution is 2.16. The minimum Gasteiger partial charge on any atom is -0.497 e. The summed E-state index contributed by atoms with van der Waals surface area (Å²) in [5, 5.41) is 4.50. The molecule has 3 amide bonds. The van der Waals surface area contributed by atoms with E-state index in [1.54, 1.807) is 0 Å². The number of methoxy groups -OCH3 is 1. The Morgan fingerprint density at radius 2 is 1.81 bits per heavy atom. The van der Waals surface area contributed by atoms with Crippen molar-refractivity contribution in [3.63, 3.8) is 0 Å². The lowest BCUT2D eigenvalue weighted by Gasteiger charge is -2.08. The van der Waals surface area contributed by atoms with Crippen molar-refractivity contribution in [2.75, 3.05) is 13.7 Å². The molecule has 0 aliphatic carbocycles. The number of carbonyl (C=O) groups is 3. The van der Waals surface area contributed by atoms with Gasteiger partial charge in [0, 0.05) is 12.6 Å². The standard InChI is InChI=1S/C18H17FN2O5/c1-25-13-7-8-14(15(19)9-13)17(23)26-11-16(22)21-18(24)20-10-12-5-3-2-4-6-12/h2-9H,10-11H2,1H3,(H2,20,21,22,24). The molecule has 0 heterocycles. The Kier molecular flexibility index (Phi) is 6.67. The van der Waals surface area contributed by atoms with Crippen LogP contribution in [0.2, 0.25) is 0 Å². The third kappa shape index (κ3) is 5.59. The Morgan fingerprint density at radius 3 is 2.46 bits per heavy atom. The molecule has 0 bridgehead atoms. The Bertz CT molecular complexity index is 795. The number of halogens is 1. The monoisotopic (exact) mass is 360 g/mol. The maximum Gasteiger partial charge on any atom is 0.341 e. The lowest BCUT2D eigenvalue weighted by atomic mass is 10.2. The molecular formula is C18H17FN2O5. The summed E-state index contributed by atoms with van der Waals surface area (Å²) in [5.41, 5.74) is 0.517. The van der Waals surface area contributed by atoms with Crippen molar-refractivity contribution in [1.29, 1.82) is 0 Å². The van der Waals surface area contributed by atoms with E-state index in [0.29, 0.717) is 0 Å². The summed E-state index contributed by atoms with van der Waals surface area (Å²) in [4.78, 5) is 35.0. The van der Waals surface area contributed by atoms with E-state index in [1.165, 1.54) is 19.2 Å². The number of rotatable bonds is 6. The zero-order valence-corrected chi connectivity index (χ0v) is 14.0. The lowest BCUT2D eigenvalue weighted by molar-refractivity contribution is -0.123. The molecule has 7 nitrogen and oxygen atoms in total. The average Bonchev–Trinajstić information content (AvgIpc) is 2.65. The molecule has 0 atom stereocenters. The highest BCUT2D eigenvalue weighted by Gasteiger charge is 2.16. The Morgan fingerprint density at radius 1 is 1.08 bits per heavy atom. The summed E-state index contributed by atoms with van der Waals surface area (Å²) in [6, 6.07) is 12.0. The number of amides is 3. The molecule has 0 aliphatic heterocycles. The second kappa shape index (κ2) is 9.16. The predicted molar refractivity (Wildman–Crippen MR) is 90.1 cm³/mol. The number of esters is 1. The first kappa shape index (κ1) is 18.9. The van der Waals surface area contributed by atoms with Crippen LogP contribution >= 0.6 is 0 Å². The summed E-state index contributed by atoms with van der Waals surface area (Å²) < 4.78 is 23.3. The number of nitrogens with one attached hydrogen (secondary N) is 2. The van der Waals surface area contributed by atoms with Crippen molar-refractivity contribution in [3.8, 4) is 5.75 Å². The number of hydrogen-bond acceptors (Lipinski definition) is 5. The van der Waals surface area contributed by atoms with Crippen LogP contribution < -0.4 is 15.4 Å². The van der Waals surface area contributed by atoms with Gasteiger partial charge in [-0.2, -0.15) is 0 Å². The smallest absolute Gasteiger partial charge is 0.341 e. The topological polar surface area (TPSA) is 93.7 Å². The van der Waals surface area contributed by atoms with Crippen LogP contribution in [-0.4, -0.2) is 31.6 Å². The van der Waals surface area contributed by atoms with Gasteiger partial charge in [0.2, 0.25) is 0 Å². The Balaban J connectivity index is 1.77. The summed E-state index contributed by atoms with van der Waals surface area (Å²) in [6.45, 7) is -0.486. The van der Waals surface area contributed by atoms with E-state index in [9.17, 15) is 18.8 Å². The zero-order valence-electron chi connectivity index (χ0n) is 14.0. The first-order valence-corrected chi connectivity index (χ1v) is 7.62. The number of imide groups is 1. The van der Waals surface area contributed by atoms with Crippen molar-refractivity contribution < 1.29 is 28.2 Å². The molecule has 0 aliphatic rings. The molecule has 0 saturated heterocycles. The van der Waals surface area contributed by atoms with E-state index >= 15 is 0 Å². The minimum absolute atomic E-state index is 0.233. The third-order valence-corrected chi connectivity index (χ3v) is 3.28. The molecule has 0 spiro atoms. The van der Waals surface area contributed by atoms with Crippen LogP contribution in [0.3, 0.4) is 0 Å². The molecule has 0 aromatic heterocycles. The fraction of sp³-hybridized carbons (Fsp3) is 0.167. The summed E-state index contributed by atoms with van der Waals surface area (Å²) in [6.07, 6.45) is 0. The number of hydrogen-bond donors (Lipinski definition) is 2. The van der Waals surface area contributed by atoms with E-state index in [1.807, 2.05) is 35.6 Å². The molecule has 2 N–H and O–H groups in total. The largest absolute Gasteiger partial charge is 0.497 e. The van der Waals surface area contributed by atoms with E-state index in [4.69, 9.17) is 9.47 Å². The van der Waals surface area contributed by atoms with Gasteiger partial charge in [-0.3, -0.25) is 10.1 Å². The average molecular weight is 360 g/mol. The second-order valence-electron chi connectivity index (χ2n) is 5.14. The fourth-order valence-electron chi connectivity index (χ4n) is 1.98. The van der Waals surface area contributed by atoms with Gasteiger partial charge in [-0.25, -0.2) is 14.0 Å². The zero-order chi connectivity index (χ0) is 18.9. The first-order chi connectivity index (χ1) is 12.5. The van der Waals surface area contributed by atoms with Gasteiger partial charge in [0.15, 0.2) is 6.61 Å². The molecule has 8 heteroatoms. The van der Waals surface area contributed by atoms with Crippen molar-refractivity contribution in [2.45, 2.75) is 6.54 Å². The molecule has 2 aromatic rings. The second-order valence-corrected chi connectivity index (χ2v) is 5.14. The number of ether oxygens (including phenoxy) is 2. The van der Waals surface area contributed by atoms with Crippen LogP contribution in [-0.2, 0) is 16.1 Å². The maximum atomic E-state index is 13.7. The van der Waals surface area contributed by atoms with Crippen molar-refractivity contribution in [3.05, 3.63) is 65.5 Å². The highest BCUT2D eigenvalue weighted by atomic mass is 19.1. The van der Waals surface area contributed by atoms with Crippen molar-refractivity contribution in [2.24, 2.45) is 0 Å². The van der Waals surface area contributed by atoms with Gasteiger partial charge in [0.05, 0.1) is 12.7 Å². The molecule has 136 valence electrons. The Labute approximate surface area is 149 Å². The van der Waals surface area contributed by atoms with E-state index < -0.39 is 30.3 Å². The summed E-state index contributed by atoms with van der Waals surface area (Å²) >= 11 is 0. The van der Waals surface area contributed by atoms with Gasteiger partial charge in [0.1, 0.15) is 11.6 Å². The van der Waals surface area contributed by atoms with Gasteiger partial charge in [-0.15, -0.1) is 0 Å². The summed E-state index contributed by atoms with van der Waals surface area (Å²) in [5.74, 6) is -2.45. The number of carbonyl (C=O) groups excluding carboxylic acids is 3. The molecular weight excluding hydrogens is 343 g/mol. The van der Waals surface area contributed by atoms with E-state index in [0.717, 1.165) is 11.6 Å². The minimum atomic E-state index is -1.02. The van der Waals surface area contributed by atoms with E-state index in [2.05, 4.69) is 5.32 Å². The summed E-state index contributed by atoms with van der Waals surface area (Å²) in [7, 11) is 1.36. The van der Waals surface area contributed by atoms with Gasteiger partial charge >= 0.3 is 12.0 Å². The van der Waals surface area contributed by atoms with Gasteiger partial charge in [0.25, 0.3) is 5.91 Å². The van der Waals surface area contributed by atoms with Gasteiger partial charge in [-0.1, -0.05) is 30.3 Å². The molecule has 2 rings (SSSR count). The molecule has 0 fully saturated rings. The van der Waals surface area contributed by atoms with Crippen LogP contribution in [0.1, 0.15) is 15.9 Å². The van der Waals surface area contributed by atoms with Crippen molar-refractivity contribution in [1.82, 2.24) is 10.6 Å². The quantitative estimate of drug-likeness (QED) is 0.769. The fourth-order valence-corrected chi connectivity index (χ4v) is 1.98. The van der Waals surface area contributed by atoms with Crippen LogP contribution in [0.25, 0.3) is 0 Å².